The second kappa shape index (κ2) is 10.8. The summed E-state index contributed by atoms with van der Waals surface area (Å²) >= 11 is 1.07. The highest BCUT2D eigenvalue weighted by Gasteiger charge is 2.35. The summed E-state index contributed by atoms with van der Waals surface area (Å²) in [6, 6.07) is 10.3. The van der Waals surface area contributed by atoms with E-state index >= 15 is 0 Å². The lowest BCUT2D eigenvalue weighted by atomic mass is 9.93. The number of thiazole rings is 1. The van der Waals surface area contributed by atoms with Gasteiger partial charge < -0.3 is 14.6 Å². The number of nitro benzene ring substituents is 1. The summed E-state index contributed by atoms with van der Waals surface area (Å²) < 4.78 is 12.5. The largest absolute Gasteiger partial charge is 0.502 e. The number of benzene rings is 2. The molecule has 0 fully saturated rings. The third-order valence-corrected chi connectivity index (χ3v) is 6.84. The van der Waals surface area contributed by atoms with Gasteiger partial charge >= 0.3 is 11.7 Å². The fourth-order valence-corrected chi connectivity index (χ4v) is 5.27. The highest BCUT2D eigenvalue weighted by molar-refractivity contribution is 7.07. The van der Waals surface area contributed by atoms with E-state index in [1.165, 1.54) is 36.0 Å². The van der Waals surface area contributed by atoms with Crippen LogP contribution >= 0.6 is 11.3 Å². The van der Waals surface area contributed by atoms with Gasteiger partial charge in [-0.15, -0.1) is 0 Å². The summed E-state index contributed by atoms with van der Waals surface area (Å²) in [7, 11) is 1.51. The zero-order valence-electron chi connectivity index (χ0n) is 20.5. The molecule has 0 radical (unpaired) electrons. The predicted molar refractivity (Wildman–Crippen MR) is 137 cm³/mol. The molecule has 11 heteroatoms. The van der Waals surface area contributed by atoms with Gasteiger partial charge in [0.2, 0.25) is 5.75 Å². The topological polar surface area (TPSA) is 133 Å². The average Bonchev–Trinajstić information content (AvgIpc) is 3.19. The predicted octanol–water partition coefficient (Wildman–Crippen LogP) is 3.20. The third kappa shape index (κ3) is 4.77. The van der Waals surface area contributed by atoms with E-state index in [4.69, 9.17) is 9.47 Å². The first-order valence-corrected chi connectivity index (χ1v) is 12.4. The lowest BCUT2D eigenvalue weighted by Gasteiger charge is -2.26. The molecule has 10 nitrogen and oxygen atoms in total. The molecule has 0 saturated carbocycles. The Kier molecular flexibility index (Phi) is 7.53. The zero-order valence-corrected chi connectivity index (χ0v) is 21.3. The molecule has 192 valence electrons. The molecule has 1 aromatic heterocycles. The summed E-state index contributed by atoms with van der Waals surface area (Å²) in [6.45, 7) is 3.82. The molecule has 1 atom stereocenters. The molecule has 2 aromatic carbocycles. The van der Waals surface area contributed by atoms with Gasteiger partial charge in [0.15, 0.2) is 4.80 Å². The number of nitro groups is 1. The minimum absolute atomic E-state index is 0.117. The number of ether oxygens (including phenoxy) is 2. The molecule has 2 heterocycles. The molecule has 1 aliphatic heterocycles. The monoisotopic (exact) mass is 523 g/mol. The molecule has 1 unspecified atom stereocenters. The van der Waals surface area contributed by atoms with Crippen molar-refractivity contribution < 1.29 is 24.3 Å². The van der Waals surface area contributed by atoms with Crippen molar-refractivity contribution in [2.75, 3.05) is 13.7 Å². The van der Waals surface area contributed by atoms with Gasteiger partial charge in [-0.25, -0.2) is 9.79 Å². The van der Waals surface area contributed by atoms with Crippen LogP contribution in [0.1, 0.15) is 43.9 Å². The number of esters is 1. The maximum absolute atomic E-state index is 13.8. The summed E-state index contributed by atoms with van der Waals surface area (Å²) in [6.07, 6.45) is 2.58. The highest BCUT2D eigenvalue weighted by atomic mass is 32.1. The molecule has 0 spiro atoms. The number of aromatic hydroxyl groups is 1. The van der Waals surface area contributed by atoms with Gasteiger partial charge in [-0.2, -0.15) is 0 Å². The maximum atomic E-state index is 13.8. The van der Waals surface area contributed by atoms with E-state index in [2.05, 4.69) is 4.99 Å². The first-order valence-electron chi connectivity index (χ1n) is 11.6. The number of para-hydroxylation sites is 2. The molecule has 1 aliphatic rings. The van der Waals surface area contributed by atoms with Gasteiger partial charge in [-0.1, -0.05) is 55.0 Å². The van der Waals surface area contributed by atoms with Gasteiger partial charge in [0.05, 0.1) is 34.4 Å². The Balaban J connectivity index is 2.04. The van der Waals surface area contributed by atoms with Crippen LogP contribution in [0.4, 0.5) is 5.69 Å². The van der Waals surface area contributed by atoms with Crippen LogP contribution in [0.3, 0.4) is 0 Å². The number of hydrogen-bond donors (Lipinski definition) is 1. The van der Waals surface area contributed by atoms with Crippen molar-refractivity contribution in [3.05, 3.63) is 94.7 Å². The number of phenolic OH excluding ortho intramolecular Hbond substituents is 1. The molecule has 0 saturated heterocycles. The van der Waals surface area contributed by atoms with E-state index in [-0.39, 0.29) is 22.3 Å². The van der Waals surface area contributed by atoms with Crippen molar-refractivity contribution >= 4 is 29.1 Å². The number of allylic oxidation sites excluding steroid dienone is 1. The van der Waals surface area contributed by atoms with Crippen molar-refractivity contribution in [2.24, 2.45) is 4.99 Å². The van der Waals surface area contributed by atoms with Crippen LogP contribution in [0, 0.1) is 10.1 Å². The van der Waals surface area contributed by atoms with Gasteiger partial charge in [0, 0.05) is 17.2 Å². The second-order valence-electron chi connectivity index (χ2n) is 8.13. The van der Waals surface area contributed by atoms with Crippen molar-refractivity contribution in [2.45, 2.75) is 32.7 Å². The molecule has 4 rings (SSSR count). The quantitative estimate of drug-likeness (QED) is 0.272. The normalized spacial score (nSPS) is 15.2. The summed E-state index contributed by atoms with van der Waals surface area (Å²) in [5.41, 5.74) is 0.536. The van der Waals surface area contributed by atoms with Crippen molar-refractivity contribution in [3.8, 4) is 11.5 Å². The van der Waals surface area contributed by atoms with Crippen LogP contribution in [0.5, 0.6) is 11.5 Å². The number of aromatic nitrogens is 1. The van der Waals surface area contributed by atoms with E-state index in [0.29, 0.717) is 34.7 Å². The standard InChI is InChI=1S/C26H25N3O7S/c1-4-9-17-21(25(32)36-5-2)22(16-11-6-7-13-19(16)35-3)28-24(31)20(37-26(28)27-17)14-15-10-8-12-18(23(15)30)29(33)34/h6-8,10-14,22,30H,4-5,9H2,1-3H3. The number of nitrogens with zero attached hydrogens (tertiary/aromatic N) is 3. The van der Waals surface area contributed by atoms with Gasteiger partial charge in [-0.3, -0.25) is 19.5 Å². The van der Waals surface area contributed by atoms with E-state index in [9.17, 15) is 24.8 Å². The van der Waals surface area contributed by atoms with E-state index in [1.54, 1.807) is 31.2 Å². The highest BCUT2D eigenvalue weighted by Crippen LogP contribution is 2.37. The Bertz CT molecular complexity index is 1590. The fraction of sp³-hybridized carbons (Fsp3) is 0.269. The van der Waals surface area contributed by atoms with Crippen LogP contribution < -0.4 is 19.6 Å². The number of methoxy groups -OCH3 is 1. The van der Waals surface area contributed by atoms with Crippen LogP contribution in [0.15, 0.2) is 63.5 Å². The number of fused-ring (bicyclic) bond motifs is 1. The van der Waals surface area contributed by atoms with Gasteiger partial charge in [0.1, 0.15) is 11.8 Å². The zero-order chi connectivity index (χ0) is 26.7. The van der Waals surface area contributed by atoms with E-state index in [1.807, 2.05) is 6.92 Å². The van der Waals surface area contributed by atoms with Crippen molar-refractivity contribution in [1.82, 2.24) is 4.57 Å². The third-order valence-electron chi connectivity index (χ3n) is 5.85. The van der Waals surface area contributed by atoms with Crippen LogP contribution in [-0.4, -0.2) is 34.3 Å². The Morgan fingerprint density at radius 2 is 2.00 bits per heavy atom. The number of phenols is 1. The molecule has 1 N–H and O–H groups in total. The smallest absolute Gasteiger partial charge is 0.338 e. The first-order chi connectivity index (χ1) is 17.8. The first kappa shape index (κ1) is 25.8. The maximum Gasteiger partial charge on any atom is 0.338 e. The van der Waals surface area contributed by atoms with Gasteiger partial charge in [0.25, 0.3) is 5.56 Å². The Morgan fingerprint density at radius 1 is 1.24 bits per heavy atom. The second-order valence-corrected chi connectivity index (χ2v) is 9.14. The van der Waals surface area contributed by atoms with Crippen LogP contribution in [0.2, 0.25) is 0 Å². The fourth-order valence-electron chi connectivity index (χ4n) is 4.26. The number of carbonyl (C=O) groups excluding carboxylic acids is 1. The number of carbonyl (C=O) groups is 1. The SMILES string of the molecule is CCCC1=C(C(=O)OCC)C(c2ccccc2OC)n2c(sc(=Cc3cccc([N+](=O)[O-])c3O)c2=O)=N1. The molecule has 0 aliphatic carbocycles. The Morgan fingerprint density at radius 3 is 2.68 bits per heavy atom. The van der Waals surface area contributed by atoms with Crippen LogP contribution in [0.25, 0.3) is 6.08 Å². The Labute approximate surface area is 215 Å². The molecule has 0 bridgehead atoms. The molecular weight excluding hydrogens is 498 g/mol. The van der Waals surface area contributed by atoms with Crippen LogP contribution in [-0.2, 0) is 9.53 Å². The number of rotatable bonds is 8. The molecule has 37 heavy (non-hydrogen) atoms. The Hall–Kier alpha value is -4.25. The summed E-state index contributed by atoms with van der Waals surface area (Å²) in [5, 5.41) is 21.7. The summed E-state index contributed by atoms with van der Waals surface area (Å²) in [5.74, 6) is -0.632. The van der Waals surface area contributed by atoms with E-state index in [0.717, 1.165) is 11.3 Å². The summed E-state index contributed by atoms with van der Waals surface area (Å²) in [4.78, 5) is 42.6. The lowest BCUT2D eigenvalue weighted by Crippen LogP contribution is -2.40. The number of hydrogen-bond acceptors (Lipinski definition) is 9. The van der Waals surface area contributed by atoms with Crippen molar-refractivity contribution in [3.63, 3.8) is 0 Å². The van der Waals surface area contributed by atoms with Gasteiger partial charge in [-0.05, 0) is 25.5 Å². The lowest BCUT2D eigenvalue weighted by molar-refractivity contribution is -0.385. The molecule has 0 amide bonds. The molecular formula is C26H25N3O7S. The van der Waals surface area contributed by atoms with E-state index < -0.39 is 33.9 Å². The average molecular weight is 524 g/mol. The molecule has 3 aromatic rings. The minimum atomic E-state index is -0.867. The van der Waals surface area contributed by atoms with Crippen molar-refractivity contribution in [1.29, 1.82) is 0 Å². The minimum Gasteiger partial charge on any atom is -0.502 e.